The van der Waals surface area contributed by atoms with Crippen LogP contribution in [0.25, 0.3) is 0 Å². The molecular weight excluding hydrogens is 326 g/mol. The standard InChI is InChI=1S/C14H20BrNO2S/c1-3-12-6-8-16(9-7-12)19(17,18)13-4-5-14(15)11(2)10-13/h4-5,10,12H,3,6-9H2,1-2H3. The van der Waals surface area contributed by atoms with Crippen LogP contribution in [0.2, 0.25) is 0 Å². The van der Waals surface area contributed by atoms with Gasteiger partial charge in [-0.1, -0.05) is 29.3 Å². The molecule has 1 saturated heterocycles. The SMILES string of the molecule is CCC1CCN(S(=O)(=O)c2ccc(Br)c(C)c2)CC1. The van der Waals surface area contributed by atoms with Gasteiger partial charge in [0, 0.05) is 17.6 Å². The Morgan fingerprint density at radius 2 is 1.95 bits per heavy atom. The van der Waals surface area contributed by atoms with Gasteiger partial charge in [-0.05, 0) is 49.4 Å². The van der Waals surface area contributed by atoms with E-state index in [0.29, 0.717) is 23.9 Å². The highest BCUT2D eigenvalue weighted by molar-refractivity contribution is 9.10. The molecule has 0 bridgehead atoms. The van der Waals surface area contributed by atoms with Gasteiger partial charge >= 0.3 is 0 Å². The van der Waals surface area contributed by atoms with Crippen molar-refractivity contribution in [1.82, 2.24) is 4.31 Å². The highest BCUT2D eigenvalue weighted by Crippen LogP contribution is 2.27. The first-order valence-electron chi connectivity index (χ1n) is 6.71. The minimum atomic E-state index is -3.32. The topological polar surface area (TPSA) is 37.4 Å². The van der Waals surface area contributed by atoms with E-state index in [4.69, 9.17) is 0 Å². The molecule has 0 atom stereocenters. The zero-order valence-corrected chi connectivity index (χ0v) is 13.8. The normalized spacial score (nSPS) is 18.7. The number of halogens is 1. The van der Waals surface area contributed by atoms with Crippen molar-refractivity contribution in [3.8, 4) is 0 Å². The number of nitrogens with zero attached hydrogens (tertiary/aromatic N) is 1. The van der Waals surface area contributed by atoms with Crippen LogP contribution in [0.3, 0.4) is 0 Å². The molecule has 0 aliphatic carbocycles. The molecule has 0 spiro atoms. The van der Waals surface area contributed by atoms with E-state index < -0.39 is 10.0 Å². The number of hydrogen-bond acceptors (Lipinski definition) is 2. The first-order valence-corrected chi connectivity index (χ1v) is 8.94. The zero-order valence-electron chi connectivity index (χ0n) is 11.4. The maximum Gasteiger partial charge on any atom is 0.243 e. The zero-order chi connectivity index (χ0) is 14.0. The third-order valence-electron chi connectivity index (χ3n) is 3.92. The minimum absolute atomic E-state index is 0.406. The fourth-order valence-corrected chi connectivity index (χ4v) is 4.29. The highest BCUT2D eigenvalue weighted by Gasteiger charge is 2.28. The van der Waals surface area contributed by atoms with Crippen molar-refractivity contribution in [2.75, 3.05) is 13.1 Å². The van der Waals surface area contributed by atoms with Crippen LogP contribution in [0.5, 0.6) is 0 Å². The maximum atomic E-state index is 12.6. The summed E-state index contributed by atoms with van der Waals surface area (Å²) in [6.07, 6.45) is 3.10. The molecule has 1 aliphatic heterocycles. The summed E-state index contributed by atoms with van der Waals surface area (Å²) in [4.78, 5) is 0.406. The van der Waals surface area contributed by atoms with E-state index in [-0.39, 0.29) is 0 Å². The number of sulfonamides is 1. The Balaban J connectivity index is 2.21. The largest absolute Gasteiger partial charge is 0.243 e. The lowest BCUT2D eigenvalue weighted by molar-refractivity contribution is 0.269. The predicted molar refractivity (Wildman–Crippen MR) is 80.7 cm³/mol. The summed E-state index contributed by atoms with van der Waals surface area (Å²) in [5.74, 6) is 0.679. The molecule has 1 aromatic carbocycles. The fourth-order valence-electron chi connectivity index (χ4n) is 2.48. The van der Waals surface area contributed by atoms with Crippen LogP contribution < -0.4 is 0 Å². The van der Waals surface area contributed by atoms with Crippen molar-refractivity contribution in [3.05, 3.63) is 28.2 Å². The molecule has 0 aromatic heterocycles. The molecule has 0 radical (unpaired) electrons. The highest BCUT2D eigenvalue weighted by atomic mass is 79.9. The molecule has 1 aliphatic rings. The Morgan fingerprint density at radius 3 is 2.47 bits per heavy atom. The van der Waals surface area contributed by atoms with E-state index in [2.05, 4.69) is 22.9 Å². The van der Waals surface area contributed by atoms with Crippen LogP contribution >= 0.6 is 15.9 Å². The average Bonchev–Trinajstić information content (AvgIpc) is 2.41. The predicted octanol–water partition coefficient (Wildman–Crippen LogP) is 3.57. The van der Waals surface area contributed by atoms with Gasteiger partial charge in [0.25, 0.3) is 0 Å². The molecular formula is C14H20BrNO2S. The number of benzene rings is 1. The summed E-state index contributed by atoms with van der Waals surface area (Å²) in [5.41, 5.74) is 0.949. The van der Waals surface area contributed by atoms with Crippen molar-refractivity contribution >= 4 is 26.0 Å². The first-order chi connectivity index (χ1) is 8.95. The van der Waals surface area contributed by atoms with Gasteiger partial charge in [0.05, 0.1) is 4.90 Å². The number of piperidine rings is 1. The van der Waals surface area contributed by atoms with Crippen molar-refractivity contribution < 1.29 is 8.42 Å². The molecule has 19 heavy (non-hydrogen) atoms. The van der Waals surface area contributed by atoms with Gasteiger partial charge in [0.15, 0.2) is 0 Å². The molecule has 0 unspecified atom stereocenters. The number of rotatable bonds is 3. The molecule has 1 heterocycles. The van der Waals surface area contributed by atoms with Gasteiger partial charge in [0.2, 0.25) is 10.0 Å². The van der Waals surface area contributed by atoms with Gasteiger partial charge in [-0.3, -0.25) is 0 Å². The molecule has 0 saturated carbocycles. The van der Waals surface area contributed by atoms with Crippen LogP contribution in [-0.2, 0) is 10.0 Å². The summed E-state index contributed by atoms with van der Waals surface area (Å²) in [6.45, 7) is 5.38. The second-order valence-corrected chi connectivity index (χ2v) is 7.96. The van der Waals surface area contributed by atoms with Gasteiger partial charge < -0.3 is 0 Å². The summed E-state index contributed by atoms with van der Waals surface area (Å²) >= 11 is 3.40. The number of hydrogen-bond donors (Lipinski definition) is 0. The van der Waals surface area contributed by atoms with Crippen LogP contribution in [0.1, 0.15) is 31.7 Å². The summed E-state index contributed by atoms with van der Waals surface area (Å²) in [7, 11) is -3.32. The minimum Gasteiger partial charge on any atom is -0.207 e. The van der Waals surface area contributed by atoms with E-state index in [9.17, 15) is 8.42 Å². The lowest BCUT2D eigenvalue weighted by Crippen LogP contribution is -2.38. The van der Waals surface area contributed by atoms with Crippen molar-refractivity contribution in [3.63, 3.8) is 0 Å². The van der Waals surface area contributed by atoms with Crippen molar-refractivity contribution in [2.45, 2.75) is 38.0 Å². The summed E-state index contributed by atoms with van der Waals surface area (Å²) < 4.78 is 27.7. The molecule has 3 nitrogen and oxygen atoms in total. The van der Waals surface area contributed by atoms with Crippen LogP contribution in [0.4, 0.5) is 0 Å². The Morgan fingerprint density at radius 1 is 1.32 bits per heavy atom. The fraction of sp³-hybridized carbons (Fsp3) is 0.571. The van der Waals surface area contributed by atoms with E-state index >= 15 is 0 Å². The van der Waals surface area contributed by atoms with Crippen molar-refractivity contribution in [2.24, 2.45) is 5.92 Å². The molecule has 2 rings (SSSR count). The van der Waals surface area contributed by atoms with Crippen LogP contribution in [-0.4, -0.2) is 25.8 Å². The second-order valence-electron chi connectivity index (χ2n) is 5.17. The van der Waals surface area contributed by atoms with E-state index in [1.54, 1.807) is 22.5 Å². The molecule has 0 amide bonds. The quantitative estimate of drug-likeness (QED) is 0.839. The van der Waals surface area contributed by atoms with Gasteiger partial charge in [0.1, 0.15) is 0 Å². The third-order valence-corrected chi connectivity index (χ3v) is 6.70. The molecule has 106 valence electrons. The van der Waals surface area contributed by atoms with E-state index in [1.807, 2.05) is 6.92 Å². The Kier molecular flexibility index (Phi) is 4.69. The molecule has 1 fully saturated rings. The van der Waals surface area contributed by atoms with Gasteiger partial charge in [-0.25, -0.2) is 8.42 Å². The lowest BCUT2D eigenvalue weighted by Gasteiger charge is -2.30. The van der Waals surface area contributed by atoms with E-state index in [1.165, 1.54) is 0 Å². The second kappa shape index (κ2) is 5.94. The molecule has 5 heteroatoms. The Bertz CT molecular complexity index is 549. The summed E-state index contributed by atoms with van der Waals surface area (Å²) in [5, 5.41) is 0. The maximum absolute atomic E-state index is 12.6. The lowest BCUT2D eigenvalue weighted by atomic mass is 9.96. The smallest absolute Gasteiger partial charge is 0.207 e. The monoisotopic (exact) mass is 345 g/mol. The average molecular weight is 346 g/mol. The number of aryl methyl sites for hydroxylation is 1. The Labute approximate surface area is 124 Å². The van der Waals surface area contributed by atoms with E-state index in [0.717, 1.165) is 29.3 Å². The third kappa shape index (κ3) is 3.20. The van der Waals surface area contributed by atoms with Crippen molar-refractivity contribution in [1.29, 1.82) is 0 Å². The molecule has 1 aromatic rings. The van der Waals surface area contributed by atoms with Gasteiger partial charge in [-0.15, -0.1) is 0 Å². The Hall–Kier alpha value is -0.390. The molecule has 0 N–H and O–H groups in total. The first kappa shape index (κ1) is 15.0. The summed E-state index contributed by atoms with van der Waals surface area (Å²) in [6, 6.07) is 5.23. The van der Waals surface area contributed by atoms with Gasteiger partial charge in [-0.2, -0.15) is 4.31 Å². The van der Waals surface area contributed by atoms with Crippen LogP contribution in [0.15, 0.2) is 27.6 Å². The van der Waals surface area contributed by atoms with Crippen LogP contribution in [0, 0.1) is 12.8 Å².